The quantitative estimate of drug-likeness (QED) is 0.927. The highest BCUT2D eigenvalue weighted by molar-refractivity contribution is 5.87. The van der Waals surface area contributed by atoms with Crippen molar-refractivity contribution in [1.82, 2.24) is 5.16 Å². The van der Waals surface area contributed by atoms with Crippen LogP contribution in [-0.2, 0) is 0 Å². The standard InChI is InChI=1S/C15H18N2O3/c1-9(2)10-5-6-13(17(3)4)11(7-10)12-8-14(15(18)19)20-16-12/h5-9H,1-4H3,(H,18,19). The first-order chi connectivity index (χ1) is 9.40. The average Bonchev–Trinajstić information content (AvgIpc) is 2.87. The Morgan fingerprint density at radius 1 is 1.30 bits per heavy atom. The van der Waals surface area contributed by atoms with Crippen molar-refractivity contribution in [3.05, 3.63) is 35.6 Å². The zero-order valence-electron chi connectivity index (χ0n) is 12.0. The average molecular weight is 274 g/mol. The summed E-state index contributed by atoms with van der Waals surface area (Å²) in [4.78, 5) is 12.9. The van der Waals surface area contributed by atoms with Crippen LogP contribution in [0.15, 0.2) is 28.8 Å². The fourth-order valence-corrected chi connectivity index (χ4v) is 2.01. The number of carbonyl (C=O) groups is 1. The van der Waals surface area contributed by atoms with Crippen LogP contribution in [0.25, 0.3) is 11.3 Å². The van der Waals surface area contributed by atoms with Crippen LogP contribution in [0.5, 0.6) is 0 Å². The number of benzene rings is 1. The van der Waals surface area contributed by atoms with E-state index in [1.165, 1.54) is 11.6 Å². The molecule has 1 aromatic heterocycles. The number of nitrogens with zero attached hydrogens (tertiary/aromatic N) is 2. The first kappa shape index (κ1) is 14.1. The molecule has 2 rings (SSSR count). The molecule has 0 saturated carbocycles. The van der Waals surface area contributed by atoms with Gasteiger partial charge in [0.2, 0.25) is 5.76 Å². The minimum atomic E-state index is -1.12. The van der Waals surface area contributed by atoms with Gasteiger partial charge in [0.25, 0.3) is 0 Å². The third kappa shape index (κ3) is 2.66. The van der Waals surface area contributed by atoms with Crippen LogP contribution >= 0.6 is 0 Å². The minimum absolute atomic E-state index is 0.153. The van der Waals surface area contributed by atoms with Crippen LogP contribution in [0.3, 0.4) is 0 Å². The Hall–Kier alpha value is -2.30. The van der Waals surface area contributed by atoms with Crippen molar-refractivity contribution in [2.75, 3.05) is 19.0 Å². The van der Waals surface area contributed by atoms with Crippen molar-refractivity contribution in [3.8, 4) is 11.3 Å². The van der Waals surface area contributed by atoms with Gasteiger partial charge >= 0.3 is 5.97 Å². The van der Waals surface area contributed by atoms with E-state index >= 15 is 0 Å². The van der Waals surface area contributed by atoms with E-state index < -0.39 is 5.97 Å². The van der Waals surface area contributed by atoms with Crippen molar-refractivity contribution in [1.29, 1.82) is 0 Å². The third-order valence-corrected chi connectivity index (χ3v) is 3.17. The van der Waals surface area contributed by atoms with Gasteiger partial charge < -0.3 is 14.5 Å². The Bertz CT molecular complexity index is 630. The first-order valence-electron chi connectivity index (χ1n) is 6.41. The number of rotatable bonds is 4. The molecule has 106 valence electrons. The summed E-state index contributed by atoms with van der Waals surface area (Å²) in [6, 6.07) is 7.57. The van der Waals surface area contributed by atoms with Gasteiger partial charge in [0.1, 0.15) is 5.69 Å². The van der Waals surface area contributed by atoms with E-state index in [0.29, 0.717) is 11.6 Å². The lowest BCUT2D eigenvalue weighted by atomic mass is 9.98. The van der Waals surface area contributed by atoms with Gasteiger partial charge in [0.15, 0.2) is 0 Å². The summed E-state index contributed by atoms with van der Waals surface area (Å²) in [5, 5.41) is 12.8. The van der Waals surface area contributed by atoms with E-state index in [1.807, 2.05) is 31.1 Å². The topological polar surface area (TPSA) is 66.6 Å². The number of aromatic nitrogens is 1. The molecular weight excluding hydrogens is 256 g/mol. The molecule has 20 heavy (non-hydrogen) atoms. The maximum Gasteiger partial charge on any atom is 0.374 e. The lowest BCUT2D eigenvalue weighted by Gasteiger charge is -2.18. The van der Waals surface area contributed by atoms with Gasteiger partial charge in [-0.1, -0.05) is 25.1 Å². The minimum Gasteiger partial charge on any atom is -0.475 e. The van der Waals surface area contributed by atoms with E-state index in [1.54, 1.807) is 0 Å². The van der Waals surface area contributed by atoms with E-state index in [0.717, 1.165) is 11.3 Å². The predicted octanol–water partition coefficient (Wildman–Crippen LogP) is 3.23. The molecule has 0 fully saturated rings. The molecule has 1 N–H and O–H groups in total. The third-order valence-electron chi connectivity index (χ3n) is 3.17. The van der Waals surface area contributed by atoms with Crippen molar-refractivity contribution in [3.63, 3.8) is 0 Å². The highest BCUT2D eigenvalue weighted by Gasteiger charge is 2.16. The second-order valence-corrected chi connectivity index (χ2v) is 5.21. The molecule has 0 spiro atoms. The number of carboxylic acids is 1. The first-order valence-corrected chi connectivity index (χ1v) is 6.41. The largest absolute Gasteiger partial charge is 0.475 e. The number of aromatic carboxylic acids is 1. The van der Waals surface area contributed by atoms with E-state index in [4.69, 9.17) is 9.63 Å². The van der Waals surface area contributed by atoms with Gasteiger partial charge in [-0.2, -0.15) is 0 Å². The Labute approximate surface area is 117 Å². The highest BCUT2D eigenvalue weighted by atomic mass is 16.5. The Kier molecular flexibility index (Phi) is 3.79. The molecule has 5 heteroatoms. The van der Waals surface area contributed by atoms with Crippen molar-refractivity contribution in [2.24, 2.45) is 0 Å². The molecule has 0 atom stereocenters. The van der Waals surface area contributed by atoms with Crippen LogP contribution in [-0.4, -0.2) is 30.3 Å². The lowest BCUT2D eigenvalue weighted by Crippen LogP contribution is -2.10. The molecule has 2 aromatic rings. The monoisotopic (exact) mass is 274 g/mol. The number of anilines is 1. The second-order valence-electron chi connectivity index (χ2n) is 5.21. The predicted molar refractivity (Wildman–Crippen MR) is 77.3 cm³/mol. The summed E-state index contributed by atoms with van der Waals surface area (Å²) in [5.74, 6) is -0.884. The maximum absolute atomic E-state index is 10.9. The fraction of sp³-hybridized carbons (Fsp3) is 0.333. The van der Waals surface area contributed by atoms with Crippen LogP contribution in [0.4, 0.5) is 5.69 Å². The summed E-state index contributed by atoms with van der Waals surface area (Å²) in [7, 11) is 3.87. The fourth-order valence-electron chi connectivity index (χ4n) is 2.01. The SMILES string of the molecule is CC(C)c1ccc(N(C)C)c(-c2cc(C(=O)O)on2)c1. The molecule has 0 aliphatic rings. The van der Waals surface area contributed by atoms with Gasteiger partial charge in [0, 0.05) is 31.4 Å². The Balaban J connectivity index is 2.56. The van der Waals surface area contributed by atoms with Crippen molar-refractivity contribution in [2.45, 2.75) is 19.8 Å². The molecule has 0 unspecified atom stereocenters. The summed E-state index contributed by atoms with van der Waals surface area (Å²) in [5.41, 5.74) is 3.55. The van der Waals surface area contributed by atoms with Crippen LogP contribution in [0.1, 0.15) is 35.9 Å². The smallest absolute Gasteiger partial charge is 0.374 e. The Morgan fingerprint density at radius 3 is 2.50 bits per heavy atom. The Morgan fingerprint density at radius 2 is 2.00 bits per heavy atom. The zero-order chi connectivity index (χ0) is 14.9. The second kappa shape index (κ2) is 5.36. The summed E-state index contributed by atoms with van der Waals surface area (Å²) < 4.78 is 4.85. The molecule has 5 nitrogen and oxygen atoms in total. The van der Waals surface area contributed by atoms with Crippen molar-refractivity contribution < 1.29 is 14.4 Å². The highest BCUT2D eigenvalue weighted by Crippen LogP contribution is 2.32. The van der Waals surface area contributed by atoms with Gasteiger partial charge in [-0.05, 0) is 23.6 Å². The van der Waals surface area contributed by atoms with E-state index in [2.05, 4.69) is 25.1 Å². The molecule has 0 saturated heterocycles. The molecule has 1 heterocycles. The van der Waals surface area contributed by atoms with Crippen LogP contribution in [0.2, 0.25) is 0 Å². The van der Waals surface area contributed by atoms with Gasteiger partial charge in [0.05, 0.1) is 0 Å². The summed E-state index contributed by atoms with van der Waals surface area (Å²) >= 11 is 0. The van der Waals surface area contributed by atoms with E-state index in [9.17, 15) is 4.79 Å². The number of hydrogen-bond acceptors (Lipinski definition) is 4. The molecule has 0 bridgehead atoms. The molecule has 0 radical (unpaired) electrons. The van der Waals surface area contributed by atoms with Crippen LogP contribution in [0, 0.1) is 0 Å². The summed E-state index contributed by atoms with van der Waals surface area (Å²) in [6.07, 6.45) is 0. The van der Waals surface area contributed by atoms with Crippen LogP contribution < -0.4 is 4.90 Å². The van der Waals surface area contributed by atoms with Gasteiger partial charge in [-0.3, -0.25) is 0 Å². The normalized spacial score (nSPS) is 10.8. The van der Waals surface area contributed by atoms with Crippen molar-refractivity contribution >= 4 is 11.7 Å². The van der Waals surface area contributed by atoms with Gasteiger partial charge in [-0.25, -0.2) is 4.79 Å². The van der Waals surface area contributed by atoms with Gasteiger partial charge in [-0.15, -0.1) is 0 Å². The number of carboxylic acid groups (broad SMARTS) is 1. The maximum atomic E-state index is 10.9. The zero-order valence-corrected chi connectivity index (χ0v) is 12.0. The molecular formula is C15H18N2O3. The lowest BCUT2D eigenvalue weighted by molar-refractivity contribution is 0.0652. The summed E-state index contributed by atoms with van der Waals surface area (Å²) in [6.45, 7) is 4.22. The molecule has 0 aliphatic carbocycles. The van der Waals surface area contributed by atoms with E-state index in [-0.39, 0.29) is 5.76 Å². The number of hydrogen-bond donors (Lipinski definition) is 1. The molecule has 0 aliphatic heterocycles. The molecule has 1 aromatic carbocycles. The molecule has 0 amide bonds.